The van der Waals surface area contributed by atoms with Gasteiger partial charge in [0.05, 0.1) is 6.04 Å². The molecule has 110 valence electrons. The lowest BCUT2D eigenvalue weighted by Gasteiger charge is -2.33. The number of aromatic hydroxyl groups is 1. The molecule has 1 aromatic carbocycles. The molecule has 20 heavy (non-hydrogen) atoms. The van der Waals surface area contributed by atoms with E-state index in [1.54, 1.807) is 23.1 Å². The molecule has 1 saturated heterocycles. The standard InChI is InChI=1S/C16H24N2O2/c1-3-12-8-9-17-15(10-12)16(20)18(4-2)13-6-5-7-14(19)11-13/h5-7,11-12,15,17,19H,3-4,8-10H2,1-2H3. The fourth-order valence-electron chi connectivity index (χ4n) is 2.87. The van der Waals surface area contributed by atoms with Gasteiger partial charge in [-0.1, -0.05) is 19.4 Å². The lowest BCUT2D eigenvalue weighted by Crippen LogP contribution is -2.50. The summed E-state index contributed by atoms with van der Waals surface area (Å²) in [6.45, 7) is 5.66. The Morgan fingerprint density at radius 1 is 1.45 bits per heavy atom. The van der Waals surface area contributed by atoms with Gasteiger partial charge in [0.15, 0.2) is 0 Å². The number of rotatable bonds is 4. The fraction of sp³-hybridized carbons (Fsp3) is 0.562. The third-order valence-corrected chi connectivity index (χ3v) is 4.11. The maximum atomic E-state index is 12.7. The summed E-state index contributed by atoms with van der Waals surface area (Å²) < 4.78 is 0. The first kappa shape index (κ1) is 14.9. The summed E-state index contributed by atoms with van der Waals surface area (Å²) in [6, 6.07) is 6.79. The number of nitrogens with one attached hydrogen (secondary N) is 1. The van der Waals surface area contributed by atoms with Gasteiger partial charge in [0.1, 0.15) is 5.75 Å². The van der Waals surface area contributed by atoms with E-state index in [1.165, 1.54) is 0 Å². The van der Waals surface area contributed by atoms with Crippen LogP contribution >= 0.6 is 0 Å². The molecule has 0 aliphatic carbocycles. The van der Waals surface area contributed by atoms with E-state index < -0.39 is 0 Å². The van der Waals surface area contributed by atoms with E-state index in [0.29, 0.717) is 12.5 Å². The number of hydrogen-bond acceptors (Lipinski definition) is 3. The maximum Gasteiger partial charge on any atom is 0.244 e. The summed E-state index contributed by atoms with van der Waals surface area (Å²) in [5.41, 5.74) is 0.762. The van der Waals surface area contributed by atoms with Gasteiger partial charge in [-0.15, -0.1) is 0 Å². The number of hydrogen-bond donors (Lipinski definition) is 2. The molecule has 4 heteroatoms. The number of amides is 1. The Labute approximate surface area is 120 Å². The van der Waals surface area contributed by atoms with Crippen molar-refractivity contribution in [3.63, 3.8) is 0 Å². The average molecular weight is 276 g/mol. The summed E-state index contributed by atoms with van der Waals surface area (Å²) in [6.07, 6.45) is 3.19. The molecule has 0 bridgehead atoms. The highest BCUT2D eigenvalue weighted by atomic mass is 16.3. The zero-order valence-electron chi connectivity index (χ0n) is 12.3. The van der Waals surface area contributed by atoms with Crippen LogP contribution in [0.25, 0.3) is 0 Å². The molecule has 1 amide bonds. The van der Waals surface area contributed by atoms with Crippen LogP contribution < -0.4 is 10.2 Å². The van der Waals surface area contributed by atoms with Gasteiger partial charge in [0, 0.05) is 18.3 Å². The van der Waals surface area contributed by atoms with Crippen molar-refractivity contribution in [1.82, 2.24) is 5.32 Å². The number of nitrogens with zero attached hydrogens (tertiary/aromatic N) is 1. The van der Waals surface area contributed by atoms with Crippen molar-refractivity contribution in [2.24, 2.45) is 5.92 Å². The smallest absolute Gasteiger partial charge is 0.244 e. The van der Waals surface area contributed by atoms with Gasteiger partial charge >= 0.3 is 0 Å². The average Bonchev–Trinajstić information content (AvgIpc) is 2.48. The molecule has 1 aliphatic rings. The van der Waals surface area contributed by atoms with Gasteiger partial charge in [0.2, 0.25) is 5.91 Å². The van der Waals surface area contributed by atoms with E-state index in [2.05, 4.69) is 12.2 Å². The molecule has 2 rings (SSSR count). The second kappa shape index (κ2) is 6.75. The first-order valence-corrected chi connectivity index (χ1v) is 7.49. The fourth-order valence-corrected chi connectivity index (χ4v) is 2.87. The highest BCUT2D eigenvalue weighted by Crippen LogP contribution is 2.24. The SMILES string of the molecule is CCC1CCNC(C(=O)N(CC)c2cccc(O)c2)C1. The number of likely N-dealkylation sites (N-methyl/N-ethyl adjacent to an activating group) is 1. The number of anilines is 1. The molecule has 0 radical (unpaired) electrons. The van der Waals surface area contributed by atoms with Crippen molar-refractivity contribution in [2.45, 2.75) is 39.2 Å². The van der Waals surface area contributed by atoms with Gasteiger partial charge in [-0.2, -0.15) is 0 Å². The molecule has 2 unspecified atom stereocenters. The number of piperidine rings is 1. The molecule has 1 aliphatic heterocycles. The van der Waals surface area contributed by atoms with Gasteiger partial charge in [-0.05, 0) is 44.4 Å². The third-order valence-electron chi connectivity index (χ3n) is 4.11. The molecule has 4 nitrogen and oxygen atoms in total. The zero-order valence-corrected chi connectivity index (χ0v) is 12.3. The second-order valence-electron chi connectivity index (χ2n) is 5.41. The van der Waals surface area contributed by atoms with Gasteiger partial charge in [-0.3, -0.25) is 4.79 Å². The highest BCUT2D eigenvalue weighted by molar-refractivity contribution is 5.97. The predicted molar refractivity (Wildman–Crippen MR) is 80.9 cm³/mol. The van der Waals surface area contributed by atoms with Gasteiger partial charge < -0.3 is 15.3 Å². The lowest BCUT2D eigenvalue weighted by molar-refractivity contribution is -0.121. The molecule has 1 aromatic rings. The van der Waals surface area contributed by atoms with Gasteiger partial charge in [0.25, 0.3) is 0 Å². The first-order valence-electron chi connectivity index (χ1n) is 7.49. The Bertz CT molecular complexity index is 462. The molecule has 1 heterocycles. The third kappa shape index (κ3) is 3.31. The Kier molecular flexibility index (Phi) is 5.01. The first-order chi connectivity index (χ1) is 9.65. The van der Waals surface area contributed by atoms with Crippen LogP contribution in [0.2, 0.25) is 0 Å². The van der Waals surface area contributed by atoms with Crippen LogP contribution in [-0.4, -0.2) is 30.1 Å². The number of carbonyl (C=O) groups is 1. The molecule has 2 N–H and O–H groups in total. The number of phenols is 1. The summed E-state index contributed by atoms with van der Waals surface area (Å²) in [7, 11) is 0. The topological polar surface area (TPSA) is 52.6 Å². The van der Waals surface area contributed by atoms with Crippen LogP contribution in [0.3, 0.4) is 0 Å². The van der Waals surface area contributed by atoms with E-state index in [9.17, 15) is 9.90 Å². The Morgan fingerprint density at radius 2 is 2.25 bits per heavy atom. The van der Waals surface area contributed by atoms with Crippen molar-refractivity contribution in [3.05, 3.63) is 24.3 Å². The molecule has 2 atom stereocenters. The molecular weight excluding hydrogens is 252 g/mol. The van der Waals surface area contributed by atoms with Gasteiger partial charge in [-0.25, -0.2) is 0 Å². The maximum absolute atomic E-state index is 12.7. The van der Waals surface area contributed by atoms with E-state index in [4.69, 9.17) is 0 Å². The van der Waals surface area contributed by atoms with Crippen LogP contribution in [-0.2, 0) is 4.79 Å². The molecule has 0 spiro atoms. The van der Waals surface area contributed by atoms with E-state index in [0.717, 1.165) is 31.5 Å². The van der Waals surface area contributed by atoms with Crippen molar-refractivity contribution in [1.29, 1.82) is 0 Å². The summed E-state index contributed by atoms with van der Waals surface area (Å²) >= 11 is 0. The van der Waals surface area contributed by atoms with Crippen LogP contribution in [0.15, 0.2) is 24.3 Å². The van der Waals surface area contributed by atoms with Crippen molar-refractivity contribution in [3.8, 4) is 5.75 Å². The van der Waals surface area contributed by atoms with Crippen molar-refractivity contribution in [2.75, 3.05) is 18.0 Å². The quantitative estimate of drug-likeness (QED) is 0.888. The van der Waals surface area contributed by atoms with Crippen LogP contribution in [0.1, 0.15) is 33.1 Å². The van der Waals surface area contributed by atoms with Crippen LogP contribution in [0, 0.1) is 5.92 Å². The predicted octanol–water partition coefficient (Wildman–Crippen LogP) is 2.52. The molecular formula is C16H24N2O2. The number of phenolic OH excluding ortho intramolecular Hbond substituents is 1. The summed E-state index contributed by atoms with van der Waals surface area (Å²) in [5, 5.41) is 12.9. The highest BCUT2D eigenvalue weighted by Gasteiger charge is 2.29. The molecule has 1 fully saturated rings. The normalized spacial score (nSPS) is 22.5. The zero-order chi connectivity index (χ0) is 14.5. The largest absolute Gasteiger partial charge is 0.508 e. The van der Waals surface area contributed by atoms with E-state index in [1.807, 2.05) is 13.0 Å². The second-order valence-corrected chi connectivity index (χ2v) is 5.41. The monoisotopic (exact) mass is 276 g/mol. The Hall–Kier alpha value is -1.55. The number of carbonyl (C=O) groups excluding carboxylic acids is 1. The Balaban J connectivity index is 2.12. The van der Waals surface area contributed by atoms with Crippen LogP contribution in [0.4, 0.5) is 5.69 Å². The van der Waals surface area contributed by atoms with Crippen molar-refractivity contribution >= 4 is 11.6 Å². The minimum atomic E-state index is -0.101. The minimum absolute atomic E-state index is 0.101. The lowest BCUT2D eigenvalue weighted by atomic mass is 9.90. The van der Waals surface area contributed by atoms with E-state index >= 15 is 0 Å². The van der Waals surface area contributed by atoms with Crippen molar-refractivity contribution < 1.29 is 9.90 Å². The van der Waals surface area contributed by atoms with Crippen LogP contribution in [0.5, 0.6) is 5.75 Å². The molecule has 0 saturated carbocycles. The van der Waals surface area contributed by atoms with E-state index in [-0.39, 0.29) is 17.7 Å². The summed E-state index contributed by atoms with van der Waals surface area (Å²) in [5.74, 6) is 0.932. The summed E-state index contributed by atoms with van der Waals surface area (Å²) in [4.78, 5) is 14.4. The molecule has 0 aromatic heterocycles. The minimum Gasteiger partial charge on any atom is -0.508 e. The Morgan fingerprint density at radius 3 is 2.90 bits per heavy atom. The number of benzene rings is 1.